The molecule has 1 nitrogen and oxygen atoms in total. The van der Waals surface area contributed by atoms with Gasteiger partial charge in [0.2, 0.25) is 0 Å². The summed E-state index contributed by atoms with van der Waals surface area (Å²) >= 11 is 0. The summed E-state index contributed by atoms with van der Waals surface area (Å²) in [6.45, 7) is 4.17. The van der Waals surface area contributed by atoms with Crippen LogP contribution in [0.2, 0.25) is 0 Å². The molecule has 5 heteroatoms. The van der Waals surface area contributed by atoms with E-state index in [1.165, 1.54) is 0 Å². The number of allylic oxidation sites excluding steroid dienone is 1. The van der Waals surface area contributed by atoms with Gasteiger partial charge in [-0.1, -0.05) is 81.6 Å². The average molecular weight is 511 g/mol. The molecule has 3 aromatic rings. The van der Waals surface area contributed by atoms with Gasteiger partial charge in [0.1, 0.15) is 17.4 Å². The van der Waals surface area contributed by atoms with Gasteiger partial charge in [-0.25, -0.2) is 17.6 Å². The Bertz CT molecular complexity index is 1210. The zero-order valence-electron chi connectivity index (χ0n) is 21.5. The molecule has 0 bridgehead atoms. The normalized spacial score (nSPS) is 17.8. The summed E-state index contributed by atoms with van der Waals surface area (Å²) in [5.74, 6) is -3.57. The van der Waals surface area contributed by atoms with Crippen molar-refractivity contribution in [2.45, 2.75) is 58.8 Å². The number of aryl methyl sites for hydroxylation is 1. The van der Waals surface area contributed by atoms with Crippen LogP contribution in [0.15, 0.2) is 72.3 Å². The standard InChI is InChI=1S/C32H34F4O/c1-3-5-7-24-12-13-25(30(34)29(24)33)20-37-26-16-14-23(15-17-26)28-19-18-27(31(35)32(28)36)22-10-8-21(6-4-2)9-11-22/h8-11,14-19,24-25H,3-7,12-13,20H2,1-2H3. The van der Waals surface area contributed by atoms with Crippen molar-refractivity contribution in [3.05, 3.63) is 89.5 Å². The molecule has 3 aromatic carbocycles. The molecule has 0 amide bonds. The highest BCUT2D eigenvalue weighted by atomic mass is 19.2. The number of hydrogen-bond donors (Lipinski definition) is 0. The molecule has 2 atom stereocenters. The summed E-state index contributed by atoms with van der Waals surface area (Å²) in [5, 5.41) is 0. The van der Waals surface area contributed by atoms with Gasteiger partial charge >= 0.3 is 0 Å². The first-order valence-corrected chi connectivity index (χ1v) is 13.3. The van der Waals surface area contributed by atoms with Crippen molar-refractivity contribution in [1.82, 2.24) is 0 Å². The van der Waals surface area contributed by atoms with Gasteiger partial charge in [-0.15, -0.1) is 0 Å². The molecule has 4 rings (SSSR count). The predicted octanol–water partition coefficient (Wildman–Crippen LogP) is 10.00. The number of unbranched alkanes of at least 4 members (excludes halogenated alkanes) is 1. The summed E-state index contributed by atoms with van der Waals surface area (Å²) < 4.78 is 64.7. The monoisotopic (exact) mass is 510 g/mol. The van der Waals surface area contributed by atoms with E-state index in [9.17, 15) is 13.2 Å². The maximum Gasteiger partial charge on any atom is 0.167 e. The first kappa shape index (κ1) is 27.0. The third-order valence-corrected chi connectivity index (χ3v) is 7.22. The van der Waals surface area contributed by atoms with Gasteiger partial charge in [-0.05, 0) is 54.5 Å². The largest absolute Gasteiger partial charge is 0.493 e. The Hall–Kier alpha value is -3.08. The fourth-order valence-electron chi connectivity index (χ4n) is 4.99. The smallest absolute Gasteiger partial charge is 0.167 e. The number of rotatable bonds is 10. The number of ether oxygens (including phenoxy) is 1. The summed E-state index contributed by atoms with van der Waals surface area (Å²) in [5.41, 5.74) is 2.66. The number of benzene rings is 3. The molecule has 0 saturated carbocycles. The molecular weight excluding hydrogens is 476 g/mol. The van der Waals surface area contributed by atoms with Gasteiger partial charge in [-0.2, -0.15) is 0 Å². The minimum absolute atomic E-state index is 0.0355. The van der Waals surface area contributed by atoms with Gasteiger partial charge in [0.05, 0.1) is 6.61 Å². The molecule has 0 N–H and O–H groups in total. The van der Waals surface area contributed by atoms with Crippen LogP contribution in [0.3, 0.4) is 0 Å². The van der Waals surface area contributed by atoms with Crippen LogP contribution in [-0.4, -0.2) is 6.61 Å². The Morgan fingerprint density at radius 3 is 1.78 bits per heavy atom. The second-order valence-electron chi connectivity index (χ2n) is 9.88. The Kier molecular flexibility index (Phi) is 9.07. The van der Waals surface area contributed by atoms with E-state index in [2.05, 4.69) is 6.92 Å². The summed E-state index contributed by atoms with van der Waals surface area (Å²) in [6, 6.07) is 17.2. The van der Waals surface area contributed by atoms with Gasteiger partial charge in [0, 0.05) is 23.0 Å². The molecule has 0 aliphatic heterocycles. The predicted molar refractivity (Wildman–Crippen MR) is 142 cm³/mol. The zero-order chi connectivity index (χ0) is 26.4. The van der Waals surface area contributed by atoms with E-state index >= 15 is 4.39 Å². The first-order chi connectivity index (χ1) is 17.9. The Morgan fingerprint density at radius 1 is 0.676 bits per heavy atom. The van der Waals surface area contributed by atoms with E-state index < -0.39 is 29.2 Å². The minimum Gasteiger partial charge on any atom is -0.493 e. The minimum atomic E-state index is -0.911. The lowest BCUT2D eigenvalue weighted by Crippen LogP contribution is -2.21. The lowest BCUT2D eigenvalue weighted by atomic mass is 9.84. The molecule has 0 fully saturated rings. The SMILES string of the molecule is CCCCC1CCC(COc2ccc(-c3ccc(-c4ccc(CCC)cc4)c(F)c3F)cc2)C(F)=C1F. The Labute approximate surface area is 217 Å². The number of hydrogen-bond acceptors (Lipinski definition) is 1. The maximum absolute atomic E-state index is 15.0. The van der Waals surface area contributed by atoms with Crippen LogP contribution in [0, 0.1) is 23.5 Å². The van der Waals surface area contributed by atoms with E-state index in [-0.39, 0.29) is 23.7 Å². The van der Waals surface area contributed by atoms with Gasteiger partial charge < -0.3 is 4.74 Å². The van der Waals surface area contributed by atoms with Crippen molar-refractivity contribution in [2.24, 2.45) is 11.8 Å². The van der Waals surface area contributed by atoms with Crippen molar-refractivity contribution in [3.8, 4) is 28.0 Å². The van der Waals surface area contributed by atoms with Crippen molar-refractivity contribution in [3.63, 3.8) is 0 Å². The summed E-state index contributed by atoms with van der Waals surface area (Å²) in [4.78, 5) is 0. The van der Waals surface area contributed by atoms with Gasteiger partial charge in [-0.3, -0.25) is 0 Å². The van der Waals surface area contributed by atoms with E-state index in [1.807, 2.05) is 31.2 Å². The Morgan fingerprint density at radius 2 is 1.22 bits per heavy atom. The molecule has 0 spiro atoms. The average Bonchev–Trinajstić information content (AvgIpc) is 2.92. The van der Waals surface area contributed by atoms with Crippen LogP contribution in [0.5, 0.6) is 5.75 Å². The van der Waals surface area contributed by atoms with Crippen LogP contribution >= 0.6 is 0 Å². The summed E-state index contributed by atoms with van der Waals surface area (Å²) in [7, 11) is 0. The fraction of sp³-hybridized carbons (Fsp3) is 0.375. The van der Waals surface area contributed by atoms with Crippen molar-refractivity contribution in [2.75, 3.05) is 6.61 Å². The van der Waals surface area contributed by atoms with E-state index in [4.69, 9.17) is 4.74 Å². The highest BCUT2D eigenvalue weighted by Gasteiger charge is 2.31. The van der Waals surface area contributed by atoms with Gasteiger partial charge in [0.25, 0.3) is 0 Å². The van der Waals surface area contributed by atoms with Crippen LogP contribution in [-0.2, 0) is 6.42 Å². The van der Waals surface area contributed by atoms with Crippen LogP contribution in [0.1, 0.15) is 57.9 Å². The lowest BCUT2D eigenvalue weighted by Gasteiger charge is -2.26. The highest BCUT2D eigenvalue weighted by Crippen LogP contribution is 2.39. The molecule has 1 aliphatic rings. The molecule has 196 valence electrons. The van der Waals surface area contributed by atoms with E-state index in [0.717, 1.165) is 31.2 Å². The molecule has 2 unspecified atom stereocenters. The van der Waals surface area contributed by atoms with Crippen LogP contribution in [0.25, 0.3) is 22.3 Å². The molecule has 0 saturated heterocycles. The lowest BCUT2D eigenvalue weighted by molar-refractivity contribution is 0.201. The van der Waals surface area contributed by atoms with Crippen LogP contribution in [0.4, 0.5) is 17.6 Å². The third-order valence-electron chi connectivity index (χ3n) is 7.22. The molecule has 0 heterocycles. The second kappa shape index (κ2) is 12.4. The summed E-state index contributed by atoms with van der Waals surface area (Å²) in [6.07, 6.45) is 5.65. The Balaban J connectivity index is 1.43. The van der Waals surface area contributed by atoms with Crippen LogP contribution < -0.4 is 4.74 Å². The third kappa shape index (κ3) is 6.26. The molecule has 0 aromatic heterocycles. The van der Waals surface area contributed by atoms with E-state index in [0.29, 0.717) is 36.1 Å². The zero-order valence-corrected chi connectivity index (χ0v) is 21.5. The molecular formula is C32H34F4O. The van der Waals surface area contributed by atoms with Crippen molar-refractivity contribution >= 4 is 0 Å². The van der Waals surface area contributed by atoms with E-state index in [1.54, 1.807) is 36.4 Å². The van der Waals surface area contributed by atoms with Crippen molar-refractivity contribution < 1.29 is 22.3 Å². The second-order valence-corrected chi connectivity index (χ2v) is 9.88. The fourth-order valence-corrected chi connectivity index (χ4v) is 4.99. The quantitative estimate of drug-likeness (QED) is 0.247. The van der Waals surface area contributed by atoms with Crippen molar-refractivity contribution in [1.29, 1.82) is 0 Å². The highest BCUT2D eigenvalue weighted by molar-refractivity contribution is 5.72. The topological polar surface area (TPSA) is 9.23 Å². The molecule has 37 heavy (non-hydrogen) atoms. The number of halogens is 4. The first-order valence-electron chi connectivity index (χ1n) is 13.3. The maximum atomic E-state index is 15.0. The van der Waals surface area contributed by atoms with Gasteiger partial charge in [0.15, 0.2) is 11.6 Å². The molecule has 0 radical (unpaired) electrons. The molecule has 1 aliphatic carbocycles.